The molecule has 0 atom stereocenters. The molecular weight excluding hydrogens is 221 g/mol. The van der Waals surface area contributed by atoms with E-state index in [2.05, 4.69) is 0 Å². The van der Waals surface area contributed by atoms with Crippen molar-refractivity contribution in [2.75, 3.05) is 0 Å². The zero-order chi connectivity index (χ0) is 11.4. The molecule has 16 heavy (non-hydrogen) atoms. The lowest BCUT2D eigenvalue weighted by atomic mass is 9.63. The quantitative estimate of drug-likeness (QED) is 0.714. The molecule has 0 heterocycles. The van der Waals surface area contributed by atoms with Crippen LogP contribution >= 0.6 is 11.5 Å². The highest BCUT2D eigenvalue weighted by molar-refractivity contribution is 7.13. The van der Waals surface area contributed by atoms with Crippen molar-refractivity contribution in [2.45, 2.75) is 6.32 Å². The fourth-order valence-electron chi connectivity index (χ4n) is 1.61. The lowest BCUT2D eigenvalue weighted by Gasteiger charge is -2.06. The van der Waals surface area contributed by atoms with Gasteiger partial charge in [0.05, 0.1) is 0 Å². The minimum absolute atomic E-state index is 0.108. The van der Waals surface area contributed by atoms with Gasteiger partial charge < -0.3 is 0 Å². The summed E-state index contributed by atoms with van der Waals surface area (Å²) < 4.78 is 12.7. The van der Waals surface area contributed by atoms with Crippen LogP contribution in [0, 0.1) is 5.82 Å². The summed E-state index contributed by atoms with van der Waals surface area (Å²) in [6.45, 7) is 0. The van der Waals surface area contributed by atoms with Crippen LogP contribution in [0.25, 0.3) is 0 Å². The third-order valence-electron chi connectivity index (χ3n) is 2.49. The smallest absolute Gasteiger partial charge is 0.207 e. The standard InChI is InChI=1S/C13H11BClF/c15-14(10-11-4-2-1-3-5-11)12-6-8-13(16)9-7-12/h1-9H,10H2. The van der Waals surface area contributed by atoms with Crippen molar-refractivity contribution < 1.29 is 4.39 Å². The molecule has 0 aliphatic carbocycles. The topological polar surface area (TPSA) is 0 Å². The second kappa shape index (κ2) is 5.17. The lowest BCUT2D eigenvalue weighted by molar-refractivity contribution is 0.628. The van der Waals surface area contributed by atoms with Gasteiger partial charge in [0.1, 0.15) is 5.82 Å². The Morgan fingerprint density at radius 2 is 1.56 bits per heavy atom. The fourth-order valence-corrected chi connectivity index (χ4v) is 1.93. The van der Waals surface area contributed by atoms with E-state index in [9.17, 15) is 4.39 Å². The largest absolute Gasteiger partial charge is 0.287 e. The third kappa shape index (κ3) is 2.86. The molecule has 80 valence electrons. The zero-order valence-electron chi connectivity index (χ0n) is 8.74. The van der Waals surface area contributed by atoms with Crippen molar-refractivity contribution in [3.63, 3.8) is 0 Å². The minimum Gasteiger partial charge on any atom is -0.207 e. The summed E-state index contributed by atoms with van der Waals surface area (Å²) >= 11 is 6.27. The number of rotatable bonds is 3. The van der Waals surface area contributed by atoms with Crippen LogP contribution < -0.4 is 5.46 Å². The van der Waals surface area contributed by atoms with Gasteiger partial charge >= 0.3 is 0 Å². The van der Waals surface area contributed by atoms with Crippen LogP contribution in [0.3, 0.4) is 0 Å². The van der Waals surface area contributed by atoms with Crippen LogP contribution in [0.15, 0.2) is 54.6 Å². The van der Waals surface area contributed by atoms with E-state index in [1.165, 1.54) is 17.7 Å². The zero-order valence-corrected chi connectivity index (χ0v) is 9.49. The lowest BCUT2D eigenvalue weighted by Crippen LogP contribution is -2.26. The Bertz CT molecular complexity index is 441. The van der Waals surface area contributed by atoms with Gasteiger partial charge in [-0.15, -0.1) is 0 Å². The first kappa shape index (κ1) is 11.2. The first-order valence-electron chi connectivity index (χ1n) is 5.19. The van der Waals surface area contributed by atoms with Crippen molar-refractivity contribution in [1.82, 2.24) is 0 Å². The Morgan fingerprint density at radius 3 is 2.19 bits per heavy atom. The van der Waals surface area contributed by atoms with Gasteiger partial charge in [0.25, 0.3) is 6.13 Å². The van der Waals surface area contributed by atoms with Crippen molar-refractivity contribution >= 4 is 23.1 Å². The van der Waals surface area contributed by atoms with Crippen molar-refractivity contribution in [1.29, 1.82) is 0 Å². The fraction of sp³-hybridized carbons (Fsp3) is 0.0769. The van der Waals surface area contributed by atoms with Crippen LogP contribution in [-0.2, 0) is 6.32 Å². The third-order valence-corrected chi connectivity index (χ3v) is 2.90. The second-order valence-corrected chi connectivity index (χ2v) is 4.24. The summed E-state index contributed by atoms with van der Waals surface area (Å²) in [6.07, 6.45) is 0.650. The SMILES string of the molecule is Fc1ccc(B(Cl)Cc2ccccc2)cc1. The van der Waals surface area contributed by atoms with Gasteiger partial charge in [-0.25, -0.2) is 4.39 Å². The molecule has 0 spiro atoms. The molecule has 0 amide bonds. The molecule has 0 aliphatic rings. The van der Waals surface area contributed by atoms with E-state index in [1.807, 2.05) is 30.3 Å². The summed E-state index contributed by atoms with van der Waals surface area (Å²) in [5, 5.41) is 0. The molecule has 0 bridgehead atoms. The van der Waals surface area contributed by atoms with Gasteiger partial charge in [-0.2, -0.15) is 11.5 Å². The van der Waals surface area contributed by atoms with Crippen molar-refractivity contribution in [3.05, 3.63) is 66.0 Å². The molecule has 0 nitrogen and oxygen atoms in total. The van der Waals surface area contributed by atoms with Gasteiger partial charge in [0, 0.05) is 0 Å². The molecule has 0 fully saturated rings. The number of hydrogen-bond acceptors (Lipinski definition) is 0. The first-order valence-corrected chi connectivity index (χ1v) is 5.63. The second-order valence-electron chi connectivity index (χ2n) is 3.71. The number of hydrogen-bond donors (Lipinski definition) is 0. The van der Waals surface area contributed by atoms with Crippen LogP contribution in [0.1, 0.15) is 5.56 Å². The maximum Gasteiger partial charge on any atom is 0.287 e. The van der Waals surface area contributed by atoms with E-state index in [-0.39, 0.29) is 11.9 Å². The average molecular weight is 232 g/mol. The molecular formula is C13H11BClF. The molecule has 0 saturated carbocycles. The van der Waals surface area contributed by atoms with Crippen LogP contribution in [-0.4, -0.2) is 6.13 Å². The highest BCUT2D eigenvalue weighted by Gasteiger charge is 2.13. The maximum absolute atomic E-state index is 12.7. The Balaban J connectivity index is 2.09. The summed E-state index contributed by atoms with van der Waals surface area (Å²) in [4.78, 5) is 0. The molecule has 0 radical (unpaired) electrons. The predicted octanol–water partition coefficient (Wildman–Crippen LogP) is 3.04. The monoisotopic (exact) mass is 232 g/mol. The van der Waals surface area contributed by atoms with Crippen LogP contribution in [0.5, 0.6) is 0 Å². The highest BCUT2D eigenvalue weighted by atomic mass is 35.5. The Hall–Kier alpha value is -1.28. The molecule has 3 heteroatoms. The Labute approximate surface area is 100 Å². The molecule has 0 unspecified atom stereocenters. The van der Waals surface area contributed by atoms with E-state index in [0.717, 1.165) is 11.8 Å². The van der Waals surface area contributed by atoms with Crippen molar-refractivity contribution in [2.24, 2.45) is 0 Å². The van der Waals surface area contributed by atoms with Crippen LogP contribution in [0.2, 0.25) is 0 Å². The van der Waals surface area contributed by atoms with E-state index in [1.54, 1.807) is 12.1 Å². The van der Waals surface area contributed by atoms with E-state index in [0.29, 0.717) is 0 Å². The van der Waals surface area contributed by atoms with Gasteiger partial charge in [0.15, 0.2) is 0 Å². The van der Waals surface area contributed by atoms with Gasteiger partial charge in [-0.1, -0.05) is 53.5 Å². The maximum atomic E-state index is 12.7. The summed E-state index contributed by atoms with van der Waals surface area (Å²) in [6, 6.07) is 16.4. The summed E-state index contributed by atoms with van der Waals surface area (Å²) in [7, 11) is 0. The first-order chi connectivity index (χ1) is 7.75. The molecule has 0 saturated heterocycles. The van der Waals surface area contributed by atoms with Gasteiger partial charge in [0.2, 0.25) is 0 Å². The van der Waals surface area contributed by atoms with E-state index in [4.69, 9.17) is 11.5 Å². The highest BCUT2D eigenvalue weighted by Crippen LogP contribution is 2.06. The number of benzene rings is 2. The van der Waals surface area contributed by atoms with E-state index < -0.39 is 0 Å². The molecule has 2 aromatic carbocycles. The average Bonchev–Trinajstić information content (AvgIpc) is 2.31. The molecule has 0 aromatic heterocycles. The van der Waals surface area contributed by atoms with Crippen LogP contribution in [0.4, 0.5) is 4.39 Å². The normalized spacial score (nSPS) is 10.1. The summed E-state index contributed by atoms with van der Waals surface area (Å²) in [5.41, 5.74) is 2.14. The molecule has 2 aromatic rings. The molecule has 0 aliphatic heterocycles. The Morgan fingerprint density at radius 1 is 0.938 bits per heavy atom. The van der Waals surface area contributed by atoms with E-state index >= 15 is 0 Å². The number of halogens is 2. The van der Waals surface area contributed by atoms with Gasteiger partial charge in [-0.05, 0) is 18.5 Å². The predicted molar refractivity (Wildman–Crippen MR) is 67.8 cm³/mol. The summed E-state index contributed by atoms with van der Waals surface area (Å²) in [5.74, 6) is -0.229. The molecule has 2 rings (SSSR count). The minimum atomic E-state index is -0.229. The molecule has 0 N–H and O–H groups in total. The Kier molecular flexibility index (Phi) is 3.63. The van der Waals surface area contributed by atoms with Crippen molar-refractivity contribution in [3.8, 4) is 0 Å². The van der Waals surface area contributed by atoms with Gasteiger partial charge in [-0.3, -0.25) is 0 Å².